The lowest BCUT2D eigenvalue weighted by atomic mass is 10.2. The Morgan fingerprint density at radius 3 is 2.81 bits per heavy atom. The SMILES string of the molecule is CCC1=N/C(=C\c2ccccc2Cl)C(=O)N1. The van der Waals surface area contributed by atoms with Crippen LogP contribution in [0.2, 0.25) is 5.02 Å². The molecule has 1 aliphatic heterocycles. The fourth-order valence-corrected chi connectivity index (χ4v) is 1.61. The Bertz CT molecular complexity index is 492. The summed E-state index contributed by atoms with van der Waals surface area (Å²) in [6, 6.07) is 7.35. The first-order chi connectivity index (χ1) is 7.70. The summed E-state index contributed by atoms with van der Waals surface area (Å²) in [7, 11) is 0. The summed E-state index contributed by atoms with van der Waals surface area (Å²) in [4.78, 5) is 15.7. The minimum absolute atomic E-state index is 0.170. The Balaban J connectivity index is 2.35. The van der Waals surface area contributed by atoms with Crippen LogP contribution in [0.3, 0.4) is 0 Å². The molecule has 0 fully saturated rings. The van der Waals surface area contributed by atoms with E-state index in [9.17, 15) is 4.79 Å². The van der Waals surface area contributed by atoms with Gasteiger partial charge in [0.1, 0.15) is 11.5 Å². The molecule has 0 saturated carbocycles. The van der Waals surface area contributed by atoms with Crippen molar-refractivity contribution in [3.63, 3.8) is 0 Å². The van der Waals surface area contributed by atoms with E-state index in [0.29, 0.717) is 23.0 Å². The Morgan fingerprint density at radius 2 is 2.19 bits per heavy atom. The second-order valence-corrected chi connectivity index (χ2v) is 3.82. The highest BCUT2D eigenvalue weighted by molar-refractivity contribution is 6.32. The van der Waals surface area contributed by atoms with Gasteiger partial charge in [-0.05, 0) is 17.7 Å². The summed E-state index contributed by atoms with van der Waals surface area (Å²) < 4.78 is 0. The molecule has 82 valence electrons. The van der Waals surface area contributed by atoms with Crippen LogP contribution in [0, 0.1) is 0 Å². The molecule has 1 heterocycles. The molecule has 2 rings (SSSR count). The van der Waals surface area contributed by atoms with Crippen molar-refractivity contribution >= 4 is 29.4 Å². The van der Waals surface area contributed by atoms with E-state index in [1.165, 1.54) is 0 Å². The van der Waals surface area contributed by atoms with Gasteiger partial charge < -0.3 is 5.32 Å². The van der Waals surface area contributed by atoms with E-state index in [2.05, 4.69) is 10.3 Å². The summed E-state index contributed by atoms with van der Waals surface area (Å²) in [6.45, 7) is 1.94. The van der Waals surface area contributed by atoms with Crippen LogP contribution >= 0.6 is 11.6 Å². The van der Waals surface area contributed by atoms with Crippen molar-refractivity contribution in [1.82, 2.24) is 5.32 Å². The number of amides is 1. The number of carbonyl (C=O) groups excluding carboxylic acids is 1. The summed E-state index contributed by atoms with van der Waals surface area (Å²) in [5.74, 6) is 0.528. The number of hydrogen-bond acceptors (Lipinski definition) is 2. The van der Waals surface area contributed by atoms with Gasteiger partial charge in [0.05, 0.1) is 0 Å². The van der Waals surface area contributed by atoms with Crippen LogP contribution in [0.4, 0.5) is 0 Å². The van der Waals surface area contributed by atoms with Gasteiger partial charge in [-0.2, -0.15) is 0 Å². The third-order valence-electron chi connectivity index (χ3n) is 2.28. The van der Waals surface area contributed by atoms with Gasteiger partial charge in [-0.3, -0.25) is 4.79 Å². The molecule has 3 nitrogen and oxygen atoms in total. The third-order valence-corrected chi connectivity index (χ3v) is 2.62. The molecule has 1 N–H and O–H groups in total. The Hall–Kier alpha value is -1.61. The number of carbonyl (C=O) groups is 1. The average molecular weight is 235 g/mol. The predicted molar refractivity (Wildman–Crippen MR) is 65.3 cm³/mol. The molecule has 0 spiro atoms. The summed E-state index contributed by atoms with van der Waals surface area (Å²) >= 11 is 6.00. The minimum atomic E-state index is -0.170. The highest BCUT2D eigenvalue weighted by Crippen LogP contribution is 2.20. The molecule has 0 radical (unpaired) electrons. The molecule has 4 heteroatoms. The van der Waals surface area contributed by atoms with Gasteiger partial charge in [0, 0.05) is 11.4 Å². The molecule has 0 saturated heterocycles. The number of nitrogens with zero attached hydrogens (tertiary/aromatic N) is 1. The number of hydrogen-bond donors (Lipinski definition) is 1. The standard InChI is InChI=1S/C12H11ClN2O/c1-2-11-14-10(12(16)15-11)7-8-5-3-4-6-9(8)13/h3-7H,2H2,1H3,(H,14,15,16)/b10-7-. The van der Waals surface area contributed by atoms with E-state index < -0.39 is 0 Å². The quantitative estimate of drug-likeness (QED) is 0.786. The van der Waals surface area contributed by atoms with Crippen molar-refractivity contribution in [2.75, 3.05) is 0 Å². The first-order valence-corrected chi connectivity index (χ1v) is 5.43. The zero-order chi connectivity index (χ0) is 11.5. The van der Waals surface area contributed by atoms with Crippen molar-refractivity contribution in [1.29, 1.82) is 0 Å². The molecule has 0 unspecified atom stereocenters. The van der Waals surface area contributed by atoms with Crippen LogP contribution in [-0.2, 0) is 4.79 Å². The lowest BCUT2D eigenvalue weighted by Crippen LogP contribution is -2.22. The van der Waals surface area contributed by atoms with Gasteiger partial charge in [0.25, 0.3) is 5.91 Å². The predicted octanol–water partition coefficient (Wildman–Crippen LogP) is 2.62. The van der Waals surface area contributed by atoms with E-state index in [1.807, 2.05) is 25.1 Å². The molecular formula is C12H11ClN2O. The molecule has 0 aromatic heterocycles. The maximum absolute atomic E-state index is 11.5. The maximum Gasteiger partial charge on any atom is 0.275 e. The van der Waals surface area contributed by atoms with Gasteiger partial charge in [-0.15, -0.1) is 0 Å². The molecule has 1 aromatic carbocycles. The molecule has 1 aromatic rings. The van der Waals surface area contributed by atoms with Crippen molar-refractivity contribution in [3.8, 4) is 0 Å². The van der Waals surface area contributed by atoms with Crippen LogP contribution < -0.4 is 5.32 Å². The van der Waals surface area contributed by atoms with E-state index in [0.717, 1.165) is 5.56 Å². The van der Waals surface area contributed by atoms with Gasteiger partial charge in [-0.1, -0.05) is 36.7 Å². The molecule has 1 amide bonds. The van der Waals surface area contributed by atoms with Gasteiger partial charge in [0.2, 0.25) is 0 Å². The van der Waals surface area contributed by atoms with Crippen LogP contribution in [0.1, 0.15) is 18.9 Å². The Kier molecular flexibility index (Phi) is 3.06. The first-order valence-electron chi connectivity index (χ1n) is 5.06. The number of aliphatic imine (C=N–C) groups is 1. The van der Waals surface area contributed by atoms with E-state index >= 15 is 0 Å². The second-order valence-electron chi connectivity index (χ2n) is 3.42. The van der Waals surface area contributed by atoms with Crippen LogP contribution in [-0.4, -0.2) is 11.7 Å². The van der Waals surface area contributed by atoms with Crippen molar-refractivity contribution in [2.24, 2.45) is 4.99 Å². The molecule has 16 heavy (non-hydrogen) atoms. The molecular weight excluding hydrogens is 224 g/mol. The van der Waals surface area contributed by atoms with Gasteiger partial charge >= 0.3 is 0 Å². The highest BCUT2D eigenvalue weighted by atomic mass is 35.5. The van der Waals surface area contributed by atoms with E-state index in [4.69, 9.17) is 11.6 Å². The van der Waals surface area contributed by atoms with Crippen molar-refractivity contribution in [3.05, 3.63) is 40.5 Å². The smallest absolute Gasteiger partial charge is 0.275 e. The van der Waals surface area contributed by atoms with Crippen LogP contribution in [0.25, 0.3) is 6.08 Å². The zero-order valence-electron chi connectivity index (χ0n) is 8.83. The third kappa shape index (κ3) is 2.14. The molecule has 0 aliphatic carbocycles. The normalized spacial score (nSPS) is 17.5. The molecule has 0 atom stereocenters. The maximum atomic E-state index is 11.5. The van der Waals surface area contributed by atoms with Crippen molar-refractivity contribution < 1.29 is 4.79 Å². The van der Waals surface area contributed by atoms with Crippen molar-refractivity contribution in [2.45, 2.75) is 13.3 Å². The second kappa shape index (κ2) is 4.49. The summed E-state index contributed by atoms with van der Waals surface area (Å²) in [5, 5.41) is 3.31. The number of rotatable bonds is 2. The van der Waals surface area contributed by atoms with Gasteiger partial charge in [0.15, 0.2) is 0 Å². The molecule has 1 aliphatic rings. The fraction of sp³-hybridized carbons (Fsp3) is 0.167. The Morgan fingerprint density at radius 1 is 1.44 bits per heavy atom. The summed E-state index contributed by atoms with van der Waals surface area (Å²) in [6.07, 6.45) is 2.41. The fourth-order valence-electron chi connectivity index (χ4n) is 1.42. The minimum Gasteiger partial charge on any atom is -0.309 e. The first kappa shape index (κ1) is 10.9. The number of amidine groups is 1. The summed E-state index contributed by atoms with van der Waals surface area (Å²) in [5.41, 5.74) is 1.21. The number of benzene rings is 1. The number of halogens is 1. The van der Waals surface area contributed by atoms with E-state index in [-0.39, 0.29) is 5.91 Å². The van der Waals surface area contributed by atoms with Crippen LogP contribution in [0.5, 0.6) is 0 Å². The lowest BCUT2D eigenvalue weighted by molar-refractivity contribution is -0.115. The highest BCUT2D eigenvalue weighted by Gasteiger charge is 2.18. The Labute approximate surface area is 98.8 Å². The topological polar surface area (TPSA) is 41.5 Å². The largest absolute Gasteiger partial charge is 0.309 e. The monoisotopic (exact) mass is 234 g/mol. The van der Waals surface area contributed by atoms with Crippen LogP contribution in [0.15, 0.2) is 35.0 Å². The lowest BCUT2D eigenvalue weighted by Gasteiger charge is -1.97. The van der Waals surface area contributed by atoms with Gasteiger partial charge in [-0.25, -0.2) is 4.99 Å². The molecule has 0 bridgehead atoms. The number of nitrogens with one attached hydrogen (secondary N) is 1. The zero-order valence-corrected chi connectivity index (χ0v) is 9.58. The van der Waals surface area contributed by atoms with E-state index in [1.54, 1.807) is 12.1 Å². The average Bonchev–Trinajstić information content (AvgIpc) is 2.63.